The molecular formula is C26H31FN3O7P. The lowest BCUT2D eigenvalue weighted by molar-refractivity contribution is -0.149. The average molecular weight is 548 g/mol. The summed E-state index contributed by atoms with van der Waals surface area (Å²) in [6, 6.07) is 12.7. The molecule has 38 heavy (non-hydrogen) atoms. The van der Waals surface area contributed by atoms with Crippen LogP contribution >= 0.6 is 8.53 Å². The molecule has 0 bridgehead atoms. The van der Waals surface area contributed by atoms with Crippen molar-refractivity contribution in [1.82, 2.24) is 14.6 Å². The quantitative estimate of drug-likeness (QED) is 0.289. The SMILES string of the molecule is CC(C)OC(=O)C(C)NP(OCC1CC(C)C(n2cc(F)c(=O)[nH]c2=O)O1)Oc1cccc2ccccc12. The van der Waals surface area contributed by atoms with Gasteiger partial charge in [-0.3, -0.25) is 19.1 Å². The highest BCUT2D eigenvalue weighted by Crippen LogP contribution is 2.41. The second kappa shape index (κ2) is 12.2. The first-order valence-corrected chi connectivity index (χ1v) is 13.5. The number of ether oxygens (including phenoxy) is 2. The van der Waals surface area contributed by atoms with Crippen LogP contribution in [-0.4, -0.2) is 40.4 Å². The van der Waals surface area contributed by atoms with Crippen LogP contribution in [-0.2, 0) is 18.8 Å². The van der Waals surface area contributed by atoms with Gasteiger partial charge in [-0.1, -0.05) is 43.3 Å². The summed E-state index contributed by atoms with van der Waals surface area (Å²) in [4.78, 5) is 38.0. The number of aromatic nitrogens is 2. The lowest BCUT2D eigenvalue weighted by atomic mass is 10.1. The van der Waals surface area contributed by atoms with Crippen molar-refractivity contribution in [2.75, 3.05) is 6.61 Å². The molecule has 2 N–H and O–H groups in total. The van der Waals surface area contributed by atoms with Gasteiger partial charge in [0.15, 0.2) is 0 Å². The number of aromatic amines is 1. The van der Waals surface area contributed by atoms with E-state index in [-0.39, 0.29) is 18.6 Å². The van der Waals surface area contributed by atoms with Crippen molar-refractivity contribution < 1.29 is 27.7 Å². The van der Waals surface area contributed by atoms with Gasteiger partial charge in [0.25, 0.3) is 5.56 Å². The molecule has 1 fully saturated rings. The van der Waals surface area contributed by atoms with Crippen molar-refractivity contribution in [1.29, 1.82) is 0 Å². The van der Waals surface area contributed by atoms with Crippen molar-refractivity contribution in [2.24, 2.45) is 5.92 Å². The van der Waals surface area contributed by atoms with Crippen molar-refractivity contribution in [2.45, 2.75) is 58.6 Å². The molecule has 5 atom stereocenters. The molecule has 0 spiro atoms. The fourth-order valence-electron chi connectivity index (χ4n) is 4.17. The first kappa shape index (κ1) is 27.9. The fraction of sp³-hybridized carbons (Fsp3) is 0.423. The van der Waals surface area contributed by atoms with Crippen molar-refractivity contribution in [3.05, 3.63) is 75.3 Å². The zero-order chi connectivity index (χ0) is 27.4. The zero-order valence-electron chi connectivity index (χ0n) is 21.5. The number of hydrogen-bond donors (Lipinski definition) is 2. The van der Waals surface area contributed by atoms with Crippen LogP contribution in [0.15, 0.2) is 58.3 Å². The van der Waals surface area contributed by atoms with Crippen LogP contribution in [0, 0.1) is 11.7 Å². The minimum atomic E-state index is -1.83. The Morgan fingerprint density at radius 2 is 1.95 bits per heavy atom. The number of esters is 1. The molecule has 10 nitrogen and oxygen atoms in total. The number of nitrogens with one attached hydrogen (secondary N) is 2. The van der Waals surface area contributed by atoms with Crippen LogP contribution in [0.5, 0.6) is 5.75 Å². The maximum Gasteiger partial charge on any atom is 0.330 e. The van der Waals surface area contributed by atoms with E-state index >= 15 is 0 Å². The highest BCUT2D eigenvalue weighted by molar-refractivity contribution is 7.45. The lowest BCUT2D eigenvalue weighted by Gasteiger charge is -2.24. The summed E-state index contributed by atoms with van der Waals surface area (Å²) in [6.07, 6.45) is -0.131. The van der Waals surface area contributed by atoms with Gasteiger partial charge in [-0.15, -0.1) is 0 Å². The van der Waals surface area contributed by atoms with Gasteiger partial charge >= 0.3 is 20.2 Å². The van der Waals surface area contributed by atoms with Crippen LogP contribution in [0.25, 0.3) is 10.8 Å². The van der Waals surface area contributed by atoms with Crippen LogP contribution in [0.2, 0.25) is 0 Å². The molecule has 3 aromatic rings. The van der Waals surface area contributed by atoms with E-state index < -0.39 is 49.9 Å². The molecule has 0 aliphatic carbocycles. The predicted molar refractivity (Wildman–Crippen MR) is 140 cm³/mol. The first-order chi connectivity index (χ1) is 18.1. The van der Waals surface area contributed by atoms with Crippen LogP contribution in [0.1, 0.15) is 40.3 Å². The smallest absolute Gasteiger partial charge is 0.330 e. The van der Waals surface area contributed by atoms with Gasteiger partial charge in [0, 0.05) is 11.3 Å². The maximum absolute atomic E-state index is 13.8. The van der Waals surface area contributed by atoms with E-state index in [1.807, 2.05) is 54.4 Å². The second-order valence-corrected chi connectivity index (χ2v) is 10.7. The van der Waals surface area contributed by atoms with Crippen molar-refractivity contribution in [3.63, 3.8) is 0 Å². The van der Waals surface area contributed by atoms with Crippen LogP contribution in [0.4, 0.5) is 4.39 Å². The molecular weight excluding hydrogens is 516 g/mol. The van der Waals surface area contributed by atoms with E-state index in [0.29, 0.717) is 12.2 Å². The summed E-state index contributed by atoms with van der Waals surface area (Å²) in [7, 11) is -1.83. The normalized spacial score (nSPS) is 20.9. The summed E-state index contributed by atoms with van der Waals surface area (Å²) >= 11 is 0. The molecule has 4 rings (SSSR count). The Balaban J connectivity index is 1.49. The first-order valence-electron chi connectivity index (χ1n) is 12.3. The number of halogens is 1. The standard InChI is InChI=1S/C26H31FN3O7P/c1-15(2)35-25(32)17(4)29-38(37-22-11-7-9-18-8-5-6-10-20(18)22)34-14-19-12-16(3)24(36-19)30-13-21(27)23(31)28-26(30)33/h5-11,13,15-17,19,24,29H,12,14H2,1-4H3,(H,28,31,33). The number of nitrogens with zero attached hydrogens (tertiary/aromatic N) is 1. The average Bonchev–Trinajstić information content (AvgIpc) is 3.24. The third-order valence-electron chi connectivity index (χ3n) is 5.96. The highest BCUT2D eigenvalue weighted by atomic mass is 31.2. The van der Waals surface area contributed by atoms with Gasteiger partial charge in [-0.05, 0) is 38.6 Å². The molecule has 1 aliphatic rings. The highest BCUT2D eigenvalue weighted by Gasteiger charge is 2.36. The van der Waals surface area contributed by atoms with E-state index in [0.717, 1.165) is 21.5 Å². The summed E-state index contributed by atoms with van der Waals surface area (Å²) < 4.78 is 38.5. The molecule has 0 amide bonds. The van der Waals surface area contributed by atoms with Gasteiger partial charge in [-0.25, -0.2) is 9.88 Å². The summed E-state index contributed by atoms with van der Waals surface area (Å²) in [6.45, 7) is 7.14. The Hall–Kier alpha value is -3.11. The number of fused-ring (bicyclic) bond motifs is 1. The van der Waals surface area contributed by atoms with Crippen molar-refractivity contribution in [3.8, 4) is 5.75 Å². The Labute approximate surface area is 220 Å². The molecule has 12 heteroatoms. The van der Waals surface area contributed by atoms with Gasteiger partial charge in [-0.2, -0.15) is 4.39 Å². The van der Waals surface area contributed by atoms with Gasteiger partial charge < -0.3 is 18.5 Å². The number of hydrogen-bond acceptors (Lipinski definition) is 8. The second-order valence-electron chi connectivity index (χ2n) is 9.46. The Bertz CT molecular complexity index is 1390. The number of carbonyl (C=O) groups excluding carboxylic acids is 1. The Morgan fingerprint density at radius 3 is 2.71 bits per heavy atom. The monoisotopic (exact) mass is 547 g/mol. The lowest BCUT2D eigenvalue weighted by Crippen LogP contribution is -2.35. The van der Waals surface area contributed by atoms with Gasteiger partial charge in [0.2, 0.25) is 5.82 Å². The number of H-pyrrole nitrogens is 1. The van der Waals surface area contributed by atoms with Crippen molar-refractivity contribution >= 4 is 25.3 Å². The third kappa shape index (κ3) is 6.66. The Kier molecular flexibility index (Phi) is 8.94. The van der Waals surface area contributed by atoms with Gasteiger partial charge in [0.05, 0.1) is 25.0 Å². The van der Waals surface area contributed by atoms with E-state index in [2.05, 4.69) is 5.09 Å². The van der Waals surface area contributed by atoms with E-state index in [4.69, 9.17) is 18.5 Å². The van der Waals surface area contributed by atoms with Crippen LogP contribution in [0.3, 0.4) is 0 Å². The molecule has 1 saturated heterocycles. The summed E-state index contributed by atoms with van der Waals surface area (Å²) in [5.74, 6) is -1.09. The fourth-order valence-corrected chi connectivity index (χ4v) is 5.41. The third-order valence-corrected chi connectivity index (χ3v) is 7.31. The molecule has 1 aromatic heterocycles. The molecule has 0 saturated carbocycles. The maximum atomic E-state index is 13.8. The minimum Gasteiger partial charge on any atom is -0.462 e. The number of rotatable bonds is 10. The molecule has 0 radical (unpaired) electrons. The molecule has 2 heterocycles. The topological polar surface area (TPSA) is 121 Å². The molecule has 1 aliphatic heterocycles. The molecule has 204 valence electrons. The molecule has 5 unspecified atom stereocenters. The number of carbonyl (C=O) groups is 1. The summed E-state index contributed by atoms with van der Waals surface area (Å²) in [5, 5.41) is 4.95. The number of benzene rings is 2. The Morgan fingerprint density at radius 1 is 1.21 bits per heavy atom. The van der Waals surface area contributed by atoms with E-state index in [1.54, 1.807) is 20.8 Å². The van der Waals surface area contributed by atoms with E-state index in [9.17, 15) is 18.8 Å². The minimum absolute atomic E-state index is 0.0802. The van der Waals surface area contributed by atoms with Crippen LogP contribution < -0.4 is 20.9 Å². The van der Waals surface area contributed by atoms with E-state index in [1.165, 1.54) is 0 Å². The summed E-state index contributed by atoms with van der Waals surface area (Å²) in [5.41, 5.74) is -1.83. The largest absolute Gasteiger partial charge is 0.462 e. The predicted octanol–water partition coefficient (Wildman–Crippen LogP) is 4.00. The molecule has 2 aromatic carbocycles. The zero-order valence-corrected chi connectivity index (χ0v) is 22.4. The van der Waals surface area contributed by atoms with Gasteiger partial charge in [0.1, 0.15) is 18.0 Å².